The largest absolute Gasteiger partial charge is 0.349 e. The Morgan fingerprint density at radius 2 is 2.05 bits per heavy atom. The molecule has 2 heterocycles. The van der Waals surface area contributed by atoms with Gasteiger partial charge in [-0.05, 0) is 11.5 Å². The Kier molecular flexibility index (Phi) is 4.60. The van der Waals surface area contributed by atoms with E-state index < -0.39 is 0 Å². The summed E-state index contributed by atoms with van der Waals surface area (Å²) in [6.07, 6.45) is 0. The second-order valence-electron chi connectivity index (χ2n) is 5.85. The minimum absolute atomic E-state index is 0.00745. The second kappa shape index (κ2) is 6.62. The summed E-state index contributed by atoms with van der Waals surface area (Å²) in [6.45, 7) is 7.33. The Morgan fingerprint density at radius 3 is 2.76 bits per heavy atom. The molecule has 2 aliphatic rings. The third-order valence-corrected chi connectivity index (χ3v) is 4.85. The number of benzene rings is 1. The summed E-state index contributed by atoms with van der Waals surface area (Å²) in [4.78, 5) is 20.3. The van der Waals surface area contributed by atoms with Gasteiger partial charge in [0.25, 0.3) is 5.91 Å². The van der Waals surface area contributed by atoms with Gasteiger partial charge in [0.2, 0.25) is 0 Å². The van der Waals surface area contributed by atoms with Gasteiger partial charge in [0.15, 0.2) is 5.17 Å². The molecule has 0 radical (unpaired) electrons. The number of amidine groups is 1. The zero-order valence-electron chi connectivity index (χ0n) is 12.4. The van der Waals surface area contributed by atoms with Crippen LogP contribution in [0, 0.1) is 5.92 Å². The normalized spacial score (nSPS) is 24.0. The summed E-state index contributed by atoms with van der Waals surface area (Å²) in [5, 5.41) is 0.924. The van der Waals surface area contributed by atoms with Gasteiger partial charge >= 0.3 is 0 Å². The second-order valence-corrected chi connectivity index (χ2v) is 6.79. The van der Waals surface area contributed by atoms with Gasteiger partial charge in [-0.15, -0.1) is 0 Å². The number of carbonyl (C=O) groups excluding carboxylic acids is 1. The van der Waals surface area contributed by atoms with E-state index in [1.165, 1.54) is 5.56 Å². The maximum Gasteiger partial charge on any atom is 0.258 e. The number of nitrogens with zero attached hydrogens (tertiary/aromatic N) is 3. The van der Waals surface area contributed by atoms with Crippen LogP contribution in [0.1, 0.15) is 12.5 Å². The van der Waals surface area contributed by atoms with Crippen molar-refractivity contribution in [3.63, 3.8) is 0 Å². The van der Waals surface area contributed by atoms with Crippen molar-refractivity contribution >= 4 is 22.8 Å². The first kappa shape index (κ1) is 14.6. The van der Waals surface area contributed by atoms with Gasteiger partial charge in [-0.3, -0.25) is 9.69 Å². The Balaban J connectivity index is 1.63. The third kappa shape index (κ3) is 3.86. The van der Waals surface area contributed by atoms with Gasteiger partial charge in [-0.1, -0.05) is 49.0 Å². The quantitative estimate of drug-likeness (QED) is 0.838. The Bertz CT molecular complexity index is 532. The van der Waals surface area contributed by atoms with E-state index in [9.17, 15) is 4.79 Å². The number of hydrogen-bond donors (Lipinski definition) is 0. The molecule has 1 aromatic rings. The molecule has 1 amide bonds. The lowest BCUT2D eigenvalue weighted by molar-refractivity contribution is -0.115. The van der Waals surface area contributed by atoms with Crippen molar-refractivity contribution in [1.29, 1.82) is 0 Å². The lowest BCUT2D eigenvalue weighted by Gasteiger charge is -2.22. The third-order valence-electron chi connectivity index (χ3n) is 3.85. The van der Waals surface area contributed by atoms with Crippen LogP contribution in [0.3, 0.4) is 0 Å². The van der Waals surface area contributed by atoms with Crippen LogP contribution < -0.4 is 0 Å². The predicted molar refractivity (Wildman–Crippen MR) is 87.4 cm³/mol. The Hall–Kier alpha value is -1.33. The predicted octanol–water partition coefficient (Wildman–Crippen LogP) is 2.07. The summed E-state index contributed by atoms with van der Waals surface area (Å²) >= 11 is 1.58. The van der Waals surface area contributed by atoms with Crippen LogP contribution in [0.15, 0.2) is 35.3 Å². The maximum atomic E-state index is 11.3. The van der Waals surface area contributed by atoms with Crippen LogP contribution in [-0.2, 0) is 11.3 Å². The van der Waals surface area contributed by atoms with E-state index in [0.29, 0.717) is 11.7 Å². The minimum Gasteiger partial charge on any atom is -0.349 e. The van der Waals surface area contributed by atoms with Crippen LogP contribution in [0.25, 0.3) is 0 Å². The minimum atomic E-state index is 0.00745. The van der Waals surface area contributed by atoms with Crippen LogP contribution in [-0.4, -0.2) is 52.8 Å². The molecule has 112 valence electrons. The fraction of sp³-hybridized carbons (Fsp3) is 0.500. The van der Waals surface area contributed by atoms with E-state index in [4.69, 9.17) is 0 Å². The first-order valence-electron chi connectivity index (χ1n) is 7.46. The van der Waals surface area contributed by atoms with Crippen molar-refractivity contribution in [3.8, 4) is 0 Å². The highest BCUT2D eigenvalue weighted by Gasteiger charge is 2.26. The lowest BCUT2D eigenvalue weighted by Crippen LogP contribution is -2.33. The number of aliphatic imine (C=N–C) groups is 1. The van der Waals surface area contributed by atoms with Crippen LogP contribution >= 0.6 is 11.8 Å². The average Bonchev–Trinajstić information content (AvgIpc) is 2.82. The molecule has 0 aromatic heterocycles. The first-order valence-corrected chi connectivity index (χ1v) is 8.45. The number of thioether (sulfide) groups is 1. The lowest BCUT2D eigenvalue weighted by atomic mass is 10.1. The molecule has 1 saturated heterocycles. The number of carbonyl (C=O) groups is 1. The smallest absolute Gasteiger partial charge is 0.258 e. The van der Waals surface area contributed by atoms with E-state index >= 15 is 0 Å². The highest BCUT2D eigenvalue weighted by molar-refractivity contribution is 8.14. The zero-order valence-corrected chi connectivity index (χ0v) is 13.2. The number of amides is 1. The molecule has 0 saturated carbocycles. The van der Waals surface area contributed by atoms with E-state index in [1.807, 2.05) is 0 Å². The van der Waals surface area contributed by atoms with E-state index in [-0.39, 0.29) is 5.91 Å². The number of hydrogen-bond acceptors (Lipinski definition) is 4. The summed E-state index contributed by atoms with van der Waals surface area (Å²) < 4.78 is 0. The fourth-order valence-electron chi connectivity index (χ4n) is 2.94. The molecule has 5 heteroatoms. The molecule has 1 unspecified atom stereocenters. The Labute approximate surface area is 130 Å². The van der Waals surface area contributed by atoms with Crippen molar-refractivity contribution in [2.24, 2.45) is 10.9 Å². The molecular formula is C16H21N3OS. The highest BCUT2D eigenvalue weighted by atomic mass is 32.2. The SMILES string of the molecule is CC1CN(Cc2ccccc2)CCN(C2=NC(=O)CS2)C1. The van der Waals surface area contributed by atoms with Crippen molar-refractivity contribution < 1.29 is 4.79 Å². The first-order chi connectivity index (χ1) is 10.2. The molecule has 0 bridgehead atoms. The van der Waals surface area contributed by atoms with Gasteiger partial charge in [0, 0.05) is 32.7 Å². The molecule has 3 rings (SSSR count). The topological polar surface area (TPSA) is 35.9 Å². The fourth-order valence-corrected chi connectivity index (χ4v) is 3.77. The highest BCUT2D eigenvalue weighted by Crippen LogP contribution is 2.20. The maximum absolute atomic E-state index is 11.3. The van der Waals surface area contributed by atoms with E-state index in [1.54, 1.807) is 11.8 Å². The molecule has 0 spiro atoms. The van der Waals surface area contributed by atoms with Gasteiger partial charge in [0.05, 0.1) is 5.75 Å². The summed E-state index contributed by atoms with van der Waals surface area (Å²) in [6, 6.07) is 10.6. The monoisotopic (exact) mass is 303 g/mol. The summed E-state index contributed by atoms with van der Waals surface area (Å²) in [7, 11) is 0. The van der Waals surface area contributed by atoms with Crippen LogP contribution in [0.2, 0.25) is 0 Å². The van der Waals surface area contributed by atoms with Crippen molar-refractivity contribution in [3.05, 3.63) is 35.9 Å². The molecule has 1 atom stereocenters. The van der Waals surface area contributed by atoms with E-state index in [2.05, 4.69) is 52.0 Å². The molecule has 21 heavy (non-hydrogen) atoms. The number of rotatable bonds is 2. The molecule has 0 aliphatic carbocycles. The van der Waals surface area contributed by atoms with Gasteiger partial charge < -0.3 is 4.90 Å². The Morgan fingerprint density at radius 1 is 1.24 bits per heavy atom. The molecule has 1 fully saturated rings. The van der Waals surface area contributed by atoms with E-state index in [0.717, 1.165) is 37.9 Å². The molecule has 2 aliphatic heterocycles. The van der Waals surface area contributed by atoms with Crippen molar-refractivity contribution in [2.45, 2.75) is 13.5 Å². The van der Waals surface area contributed by atoms with Crippen molar-refractivity contribution in [1.82, 2.24) is 9.80 Å². The summed E-state index contributed by atoms with van der Waals surface area (Å²) in [5.74, 6) is 1.09. The van der Waals surface area contributed by atoms with Crippen LogP contribution in [0.5, 0.6) is 0 Å². The molecule has 0 N–H and O–H groups in total. The van der Waals surface area contributed by atoms with Crippen molar-refractivity contribution in [2.75, 3.05) is 31.9 Å². The standard InChI is InChI=1S/C16H21N3OS/c1-13-9-18(11-14-5-3-2-4-6-14)7-8-19(10-13)16-17-15(20)12-21-16/h2-6,13H,7-12H2,1H3. The molecule has 1 aromatic carbocycles. The van der Waals surface area contributed by atoms with Gasteiger partial charge in [0.1, 0.15) is 0 Å². The average molecular weight is 303 g/mol. The van der Waals surface area contributed by atoms with Crippen LogP contribution in [0.4, 0.5) is 0 Å². The van der Waals surface area contributed by atoms with Gasteiger partial charge in [-0.25, -0.2) is 0 Å². The zero-order chi connectivity index (χ0) is 14.7. The van der Waals surface area contributed by atoms with Gasteiger partial charge in [-0.2, -0.15) is 4.99 Å². The summed E-state index contributed by atoms with van der Waals surface area (Å²) in [5.41, 5.74) is 1.36. The molecular weight excluding hydrogens is 282 g/mol. The molecule has 4 nitrogen and oxygen atoms in total.